The Morgan fingerprint density at radius 3 is 2.81 bits per heavy atom. The molecule has 6 heteroatoms. The first-order chi connectivity index (χ1) is 9.75. The lowest BCUT2D eigenvalue weighted by Crippen LogP contribution is -2.52. The maximum Gasteiger partial charge on any atom is 0.267 e. The van der Waals surface area contributed by atoms with E-state index in [2.05, 4.69) is 5.32 Å². The van der Waals surface area contributed by atoms with Crippen LogP contribution < -0.4 is 14.8 Å². The van der Waals surface area contributed by atoms with Gasteiger partial charge in [-0.15, -0.1) is 12.4 Å². The lowest BCUT2D eigenvalue weighted by atomic mass is 10.1. The second-order valence-electron chi connectivity index (χ2n) is 5.31. The van der Waals surface area contributed by atoms with Gasteiger partial charge < -0.3 is 19.7 Å². The van der Waals surface area contributed by atoms with E-state index in [1.54, 1.807) is 4.90 Å². The number of piperidine rings is 1. The summed E-state index contributed by atoms with van der Waals surface area (Å²) in [6, 6.07) is 7.70. The number of likely N-dealkylation sites (N-methyl/N-ethyl adjacent to an activating group) is 1. The lowest BCUT2D eigenvalue weighted by molar-refractivity contribution is -0.142. The highest BCUT2D eigenvalue weighted by Gasteiger charge is 2.32. The summed E-state index contributed by atoms with van der Waals surface area (Å²) in [5.41, 5.74) is 0. The first-order valence-corrected chi connectivity index (χ1v) is 7.11. The summed E-state index contributed by atoms with van der Waals surface area (Å²) in [7, 11) is 1.85. The minimum absolute atomic E-state index is 0. The number of halogens is 1. The highest BCUT2D eigenvalue weighted by Crippen LogP contribution is 2.31. The van der Waals surface area contributed by atoms with Crippen molar-refractivity contribution >= 4 is 18.3 Å². The molecule has 1 aromatic rings. The van der Waals surface area contributed by atoms with Gasteiger partial charge in [0.2, 0.25) is 6.10 Å². The maximum atomic E-state index is 12.5. The van der Waals surface area contributed by atoms with Gasteiger partial charge in [0.15, 0.2) is 11.5 Å². The van der Waals surface area contributed by atoms with Crippen molar-refractivity contribution in [1.29, 1.82) is 0 Å². The summed E-state index contributed by atoms with van der Waals surface area (Å²) in [4.78, 5) is 14.3. The van der Waals surface area contributed by atoms with E-state index in [4.69, 9.17) is 9.47 Å². The Morgan fingerprint density at radius 2 is 2.10 bits per heavy atom. The number of hydrogen-bond acceptors (Lipinski definition) is 4. The Balaban J connectivity index is 0.00000161. The zero-order valence-corrected chi connectivity index (χ0v) is 12.9. The van der Waals surface area contributed by atoms with Crippen LogP contribution in [0.5, 0.6) is 11.5 Å². The smallest absolute Gasteiger partial charge is 0.267 e. The fraction of sp³-hybridized carbons (Fsp3) is 0.533. The molecule has 1 amide bonds. The summed E-state index contributed by atoms with van der Waals surface area (Å²) in [6.45, 7) is 2.17. The van der Waals surface area contributed by atoms with Gasteiger partial charge in [-0.1, -0.05) is 12.1 Å². The molecule has 2 aliphatic rings. The first-order valence-electron chi connectivity index (χ1n) is 7.11. The highest BCUT2D eigenvalue weighted by atomic mass is 35.5. The lowest BCUT2D eigenvalue weighted by Gasteiger charge is -2.35. The highest BCUT2D eigenvalue weighted by molar-refractivity contribution is 5.85. The fourth-order valence-electron chi connectivity index (χ4n) is 2.71. The van der Waals surface area contributed by atoms with Crippen molar-refractivity contribution in [3.05, 3.63) is 24.3 Å². The van der Waals surface area contributed by atoms with E-state index >= 15 is 0 Å². The molecule has 0 radical (unpaired) electrons. The van der Waals surface area contributed by atoms with Crippen LogP contribution in [0.25, 0.3) is 0 Å². The van der Waals surface area contributed by atoms with Crippen LogP contribution >= 0.6 is 12.4 Å². The van der Waals surface area contributed by atoms with E-state index in [0.29, 0.717) is 11.5 Å². The van der Waals surface area contributed by atoms with Crippen LogP contribution in [-0.2, 0) is 4.79 Å². The monoisotopic (exact) mass is 312 g/mol. The first kappa shape index (κ1) is 15.9. The average molecular weight is 313 g/mol. The zero-order chi connectivity index (χ0) is 13.9. The number of nitrogens with zero attached hydrogens (tertiary/aromatic N) is 1. The topological polar surface area (TPSA) is 50.8 Å². The van der Waals surface area contributed by atoms with Gasteiger partial charge in [0.25, 0.3) is 5.91 Å². The normalized spacial score (nSPS) is 23.9. The largest absolute Gasteiger partial charge is 0.485 e. The summed E-state index contributed by atoms with van der Waals surface area (Å²) < 4.78 is 11.4. The van der Waals surface area contributed by atoms with Gasteiger partial charge in [0, 0.05) is 19.6 Å². The van der Waals surface area contributed by atoms with Crippen LogP contribution in [0.15, 0.2) is 24.3 Å². The second kappa shape index (κ2) is 7.00. The molecule has 1 fully saturated rings. The number of benzene rings is 1. The quantitative estimate of drug-likeness (QED) is 0.898. The standard InChI is InChI=1S/C15H20N2O3.ClH/c1-17(11-5-4-8-16-9-11)15(18)14-10-19-12-6-2-3-7-13(12)20-14;/h2-3,6-7,11,14,16H,4-5,8-10H2,1H3;1H/t11-,14?;/m0./s1. The molecule has 0 aromatic heterocycles. The number of fused-ring (bicyclic) bond motifs is 1. The Hall–Kier alpha value is -1.46. The van der Waals surface area contributed by atoms with Crippen LogP contribution in [0.1, 0.15) is 12.8 Å². The van der Waals surface area contributed by atoms with Gasteiger partial charge in [-0.25, -0.2) is 0 Å². The number of amides is 1. The Morgan fingerprint density at radius 1 is 1.33 bits per heavy atom. The molecule has 5 nitrogen and oxygen atoms in total. The molecule has 1 unspecified atom stereocenters. The number of ether oxygens (including phenoxy) is 2. The molecule has 1 N–H and O–H groups in total. The van der Waals surface area contributed by atoms with Gasteiger partial charge in [-0.2, -0.15) is 0 Å². The Kier molecular flexibility index (Phi) is 5.31. The van der Waals surface area contributed by atoms with Crippen molar-refractivity contribution in [3.8, 4) is 11.5 Å². The molecule has 1 aromatic carbocycles. The molecular weight excluding hydrogens is 292 g/mol. The molecule has 0 spiro atoms. The third-order valence-corrected chi connectivity index (χ3v) is 3.95. The predicted octanol–water partition coefficient (Wildman–Crippen LogP) is 1.46. The van der Waals surface area contributed by atoms with Gasteiger partial charge >= 0.3 is 0 Å². The molecule has 0 bridgehead atoms. The molecule has 2 atom stereocenters. The molecule has 0 aliphatic carbocycles. The molecule has 2 aliphatic heterocycles. The second-order valence-corrected chi connectivity index (χ2v) is 5.31. The number of carbonyl (C=O) groups is 1. The van der Waals surface area contributed by atoms with Crippen LogP contribution in [0.2, 0.25) is 0 Å². The number of para-hydroxylation sites is 2. The molecule has 116 valence electrons. The van der Waals surface area contributed by atoms with Gasteiger partial charge in [0.05, 0.1) is 0 Å². The third-order valence-electron chi connectivity index (χ3n) is 3.95. The fourth-order valence-corrected chi connectivity index (χ4v) is 2.71. The van der Waals surface area contributed by atoms with Crippen LogP contribution in [0, 0.1) is 0 Å². The average Bonchev–Trinajstić information content (AvgIpc) is 2.54. The van der Waals surface area contributed by atoms with Gasteiger partial charge in [-0.05, 0) is 31.5 Å². The van der Waals surface area contributed by atoms with Crippen LogP contribution in [-0.4, -0.2) is 49.7 Å². The SMILES string of the molecule is CN(C(=O)C1COc2ccccc2O1)[C@H]1CCCNC1.Cl. The number of rotatable bonds is 2. The van der Waals surface area contributed by atoms with Crippen molar-refractivity contribution in [3.63, 3.8) is 0 Å². The minimum atomic E-state index is -0.545. The predicted molar refractivity (Wildman–Crippen MR) is 82.3 cm³/mol. The van der Waals surface area contributed by atoms with E-state index in [9.17, 15) is 4.79 Å². The van der Waals surface area contributed by atoms with Crippen molar-refractivity contribution in [2.75, 3.05) is 26.7 Å². The number of nitrogens with one attached hydrogen (secondary N) is 1. The van der Waals surface area contributed by atoms with Crippen molar-refractivity contribution in [1.82, 2.24) is 10.2 Å². The van der Waals surface area contributed by atoms with Crippen LogP contribution in [0.4, 0.5) is 0 Å². The molecular formula is C15H21ClN2O3. The minimum Gasteiger partial charge on any atom is -0.485 e. The number of hydrogen-bond donors (Lipinski definition) is 1. The van der Waals surface area contributed by atoms with Gasteiger partial charge in [0.1, 0.15) is 6.61 Å². The summed E-state index contributed by atoms with van der Waals surface area (Å²) >= 11 is 0. The van der Waals surface area contributed by atoms with Gasteiger partial charge in [-0.3, -0.25) is 4.79 Å². The van der Waals surface area contributed by atoms with Crippen LogP contribution in [0.3, 0.4) is 0 Å². The Bertz CT molecular complexity index is 492. The summed E-state index contributed by atoms with van der Waals surface area (Å²) in [5.74, 6) is 1.35. The van der Waals surface area contributed by atoms with E-state index in [-0.39, 0.29) is 31.0 Å². The van der Waals surface area contributed by atoms with Crippen molar-refractivity contribution < 1.29 is 14.3 Å². The van der Waals surface area contributed by atoms with Crippen molar-refractivity contribution in [2.24, 2.45) is 0 Å². The zero-order valence-electron chi connectivity index (χ0n) is 12.1. The van der Waals surface area contributed by atoms with E-state index in [1.165, 1.54) is 0 Å². The van der Waals surface area contributed by atoms with E-state index < -0.39 is 6.10 Å². The number of carbonyl (C=O) groups excluding carboxylic acids is 1. The molecule has 3 rings (SSSR count). The van der Waals surface area contributed by atoms with Crippen molar-refractivity contribution in [2.45, 2.75) is 25.0 Å². The molecule has 2 heterocycles. The van der Waals surface area contributed by atoms with E-state index in [1.807, 2.05) is 31.3 Å². The Labute approximate surface area is 131 Å². The third kappa shape index (κ3) is 3.41. The summed E-state index contributed by atoms with van der Waals surface area (Å²) in [5, 5.41) is 3.32. The summed E-state index contributed by atoms with van der Waals surface area (Å²) in [6.07, 6.45) is 1.60. The molecule has 0 saturated carbocycles. The molecule has 21 heavy (non-hydrogen) atoms. The molecule has 1 saturated heterocycles. The maximum absolute atomic E-state index is 12.5. The van der Waals surface area contributed by atoms with E-state index in [0.717, 1.165) is 25.9 Å².